The minimum atomic E-state index is -0.199. The third kappa shape index (κ3) is 3.45. The molecule has 5 heteroatoms. The van der Waals surface area contributed by atoms with Crippen molar-refractivity contribution in [3.8, 4) is 0 Å². The summed E-state index contributed by atoms with van der Waals surface area (Å²) in [6.45, 7) is 8.00. The Bertz CT molecular complexity index is 323. The van der Waals surface area contributed by atoms with Crippen LogP contribution in [-0.4, -0.2) is 60.9 Å². The maximum Gasteiger partial charge on any atom is 0.227 e. The molecule has 18 heavy (non-hydrogen) atoms. The quantitative estimate of drug-likeness (QED) is 0.786. The molecule has 1 fully saturated rings. The van der Waals surface area contributed by atoms with Gasteiger partial charge in [-0.2, -0.15) is 0 Å². The second-order valence-electron chi connectivity index (χ2n) is 5.94. The second-order valence-corrected chi connectivity index (χ2v) is 5.94. The van der Waals surface area contributed by atoms with Gasteiger partial charge >= 0.3 is 0 Å². The molecular weight excluding hydrogens is 230 g/mol. The Hall–Kier alpha value is -1.10. The van der Waals surface area contributed by atoms with Gasteiger partial charge in [-0.1, -0.05) is 0 Å². The first kappa shape index (κ1) is 15.0. The van der Waals surface area contributed by atoms with E-state index < -0.39 is 0 Å². The largest absolute Gasteiger partial charge is 0.344 e. The number of nitrogens with zero attached hydrogens (tertiary/aromatic N) is 2. The Balaban J connectivity index is 2.60. The first-order valence-electron chi connectivity index (χ1n) is 6.47. The van der Waals surface area contributed by atoms with E-state index in [-0.39, 0.29) is 23.3 Å². The first-order valence-corrected chi connectivity index (χ1v) is 6.47. The van der Waals surface area contributed by atoms with Gasteiger partial charge in [0.15, 0.2) is 0 Å². The third-order valence-corrected chi connectivity index (χ3v) is 3.36. The molecule has 1 unspecified atom stereocenters. The zero-order chi connectivity index (χ0) is 13.9. The van der Waals surface area contributed by atoms with E-state index in [0.717, 1.165) is 6.54 Å². The van der Waals surface area contributed by atoms with Crippen molar-refractivity contribution in [2.45, 2.75) is 32.7 Å². The van der Waals surface area contributed by atoms with Crippen molar-refractivity contribution < 1.29 is 9.59 Å². The highest BCUT2D eigenvalue weighted by atomic mass is 16.2. The van der Waals surface area contributed by atoms with Crippen LogP contribution in [0.25, 0.3) is 0 Å². The summed E-state index contributed by atoms with van der Waals surface area (Å²) in [7, 11) is 3.66. The Morgan fingerprint density at radius 2 is 2.11 bits per heavy atom. The van der Waals surface area contributed by atoms with E-state index in [0.29, 0.717) is 19.5 Å². The van der Waals surface area contributed by atoms with Crippen LogP contribution in [-0.2, 0) is 9.59 Å². The van der Waals surface area contributed by atoms with E-state index in [1.54, 1.807) is 11.9 Å². The lowest BCUT2D eigenvalue weighted by atomic mass is 10.1. The molecule has 2 amide bonds. The Labute approximate surface area is 110 Å². The average Bonchev–Trinajstić information content (AvgIpc) is 2.66. The zero-order valence-electron chi connectivity index (χ0n) is 12.1. The molecule has 1 saturated heterocycles. The minimum absolute atomic E-state index is 0.0744. The fraction of sp³-hybridized carbons (Fsp3) is 0.846. The highest BCUT2D eigenvalue weighted by Crippen LogP contribution is 2.26. The van der Waals surface area contributed by atoms with Gasteiger partial charge in [-0.3, -0.25) is 9.59 Å². The lowest BCUT2D eigenvalue weighted by Gasteiger charge is -2.32. The van der Waals surface area contributed by atoms with Crippen LogP contribution in [0.2, 0.25) is 0 Å². The molecule has 104 valence electrons. The van der Waals surface area contributed by atoms with Crippen LogP contribution in [0.4, 0.5) is 0 Å². The number of amides is 2. The second kappa shape index (κ2) is 5.69. The molecule has 0 bridgehead atoms. The van der Waals surface area contributed by atoms with Gasteiger partial charge < -0.3 is 15.1 Å². The monoisotopic (exact) mass is 255 g/mol. The molecule has 5 nitrogen and oxygen atoms in total. The number of rotatable bonds is 4. The summed E-state index contributed by atoms with van der Waals surface area (Å²) in [5, 5.41) is 3.01. The van der Waals surface area contributed by atoms with E-state index in [1.165, 1.54) is 0 Å². The molecule has 1 aliphatic rings. The number of likely N-dealkylation sites (N-methyl/N-ethyl adjacent to an activating group) is 2. The number of likely N-dealkylation sites (tertiary alicyclic amines) is 1. The van der Waals surface area contributed by atoms with E-state index in [9.17, 15) is 9.59 Å². The lowest BCUT2D eigenvalue weighted by Crippen LogP contribution is -2.43. The first-order chi connectivity index (χ1) is 8.27. The molecule has 0 aromatic heterocycles. The summed E-state index contributed by atoms with van der Waals surface area (Å²) in [6, 6.07) is 0. The van der Waals surface area contributed by atoms with Crippen molar-refractivity contribution in [2.75, 3.05) is 33.7 Å². The molecule has 0 aromatic carbocycles. The zero-order valence-corrected chi connectivity index (χ0v) is 12.1. The van der Waals surface area contributed by atoms with Gasteiger partial charge in [0.1, 0.15) is 0 Å². The normalized spacial score (nSPS) is 20.4. The van der Waals surface area contributed by atoms with Gasteiger partial charge in [-0.05, 0) is 27.8 Å². The van der Waals surface area contributed by atoms with E-state index in [1.807, 2.05) is 32.7 Å². The number of carbonyl (C=O) groups is 2. The lowest BCUT2D eigenvalue weighted by molar-refractivity contribution is -0.134. The molecule has 0 saturated carbocycles. The highest BCUT2D eigenvalue weighted by Gasteiger charge is 2.40. The van der Waals surface area contributed by atoms with Crippen molar-refractivity contribution in [1.82, 2.24) is 15.1 Å². The molecule has 0 aliphatic carbocycles. The van der Waals surface area contributed by atoms with E-state index in [2.05, 4.69) is 5.32 Å². The van der Waals surface area contributed by atoms with E-state index in [4.69, 9.17) is 0 Å². The molecule has 1 N–H and O–H groups in total. The van der Waals surface area contributed by atoms with Crippen LogP contribution in [0.1, 0.15) is 27.2 Å². The predicted octanol–water partition coefficient (Wildman–Crippen LogP) is 0.311. The van der Waals surface area contributed by atoms with Crippen LogP contribution in [0.5, 0.6) is 0 Å². The van der Waals surface area contributed by atoms with Gasteiger partial charge in [0, 0.05) is 38.6 Å². The van der Waals surface area contributed by atoms with Gasteiger partial charge in [0.25, 0.3) is 0 Å². The van der Waals surface area contributed by atoms with Crippen LogP contribution < -0.4 is 5.32 Å². The summed E-state index contributed by atoms with van der Waals surface area (Å²) in [4.78, 5) is 27.6. The van der Waals surface area contributed by atoms with Crippen LogP contribution in [0, 0.1) is 5.92 Å². The van der Waals surface area contributed by atoms with Gasteiger partial charge in [-0.15, -0.1) is 0 Å². The molecule has 0 aromatic rings. The summed E-state index contributed by atoms with van der Waals surface area (Å²) < 4.78 is 0. The van der Waals surface area contributed by atoms with Gasteiger partial charge in [0.05, 0.1) is 5.92 Å². The van der Waals surface area contributed by atoms with Crippen molar-refractivity contribution in [1.29, 1.82) is 0 Å². The molecule has 0 radical (unpaired) electrons. The fourth-order valence-electron chi connectivity index (χ4n) is 2.22. The minimum Gasteiger partial charge on any atom is -0.344 e. The van der Waals surface area contributed by atoms with Crippen molar-refractivity contribution >= 4 is 11.8 Å². The fourth-order valence-corrected chi connectivity index (χ4v) is 2.22. The van der Waals surface area contributed by atoms with Crippen LogP contribution >= 0.6 is 0 Å². The van der Waals surface area contributed by atoms with Crippen LogP contribution in [0.3, 0.4) is 0 Å². The molecule has 1 atom stereocenters. The molecular formula is C13H25N3O2. The summed E-state index contributed by atoms with van der Waals surface area (Å²) in [5.74, 6) is -0.0215. The smallest absolute Gasteiger partial charge is 0.227 e. The molecule has 1 heterocycles. The number of hydrogen-bond acceptors (Lipinski definition) is 3. The topological polar surface area (TPSA) is 52.7 Å². The van der Waals surface area contributed by atoms with Crippen molar-refractivity contribution in [2.24, 2.45) is 5.92 Å². The predicted molar refractivity (Wildman–Crippen MR) is 71.1 cm³/mol. The molecule has 0 spiro atoms. The van der Waals surface area contributed by atoms with E-state index >= 15 is 0 Å². The molecule has 1 aliphatic heterocycles. The maximum atomic E-state index is 12.2. The third-order valence-electron chi connectivity index (χ3n) is 3.36. The van der Waals surface area contributed by atoms with Crippen molar-refractivity contribution in [3.05, 3.63) is 0 Å². The number of hydrogen-bond donors (Lipinski definition) is 1. The molecule has 1 rings (SSSR count). The van der Waals surface area contributed by atoms with Crippen molar-refractivity contribution in [3.63, 3.8) is 0 Å². The van der Waals surface area contributed by atoms with Gasteiger partial charge in [0.2, 0.25) is 11.8 Å². The number of carbonyl (C=O) groups excluding carboxylic acids is 2. The van der Waals surface area contributed by atoms with Crippen LogP contribution in [0.15, 0.2) is 0 Å². The Morgan fingerprint density at radius 1 is 1.50 bits per heavy atom. The summed E-state index contributed by atoms with van der Waals surface area (Å²) in [5.41, 5.74) is -0.199. The Morgan fingerprint density at radius 3 is 2.56 bits per heavy atom. The number of nitrogens with one attached hydrogen (secondary N) is 1. The van der Waals surface area contributed by atoms with Gasteiger partial charge in [-0.25, -0.2) is 0 Å². The summed E-state index contributed by atoms with van der Waals surface area (Å²) in [6.07, 6.45) is 0.347. The SMILES string of the molecule is CNCCN(C)C(=O)C1CC(=O)N(C(C)(C)C)C1. The highest BCUT2D eigenvalue weighted by molar-refractivity contribution is 5.89. The summed E-state index contributed by atoms with van der Waals surface area (Å²) >= 11 is 0. The average molecular weight is 255 g/mol. The Kier molecular flexibility index (Phi) is 4.73. The standard InChI is InChI=1S/C13H25N3O2/c1-13(2,3)16-9-10(8-11(16)17)12(18)15(5)7-6-14-4/h10,14H,6-9H2,1-5H3. The maximum absolute atomic E-state index is 12.2.